The second-order valence-electron chi connectivity index (χ2n) is 5.05. The third-order valence-corrected chi connectivity index (χ3v) is 3.64. The SMILES string of the molecule is CC(Nc1nccc2ccc(O)cc12)C1CCCO1. The van der Waals surface area contributed by atoms with Gasteiger partial charge in [-0.05, 0) is 43.4 Å². The maximum atomic E-state index is 9.62. The summed E-state index contributed by atoms with van der Waals surface area (Å²) in [5, 5.41) is 15.0. The molecule has 1 saturated heterocycles. The Morgan fingerprint density at radius 2 is 2.32 bits per heavy atom. The summed E-state index contributed by atoms with van der Waals surface area (Å²) in [5.41, 5.74) is 0. The second-order valence-corrected chi connectivity index (χ2v) is 5.05. The van der Waals surface area contributed by atoms with E-state index in [1.807, 2.05) is 12.1 Å². The maximum Gasteiger partial charge on any atom is 0.134 e. The molecule has 0 spiro atoms. The van der Waals surface area contributed by atoms with E-state index in [-0.39, 0.29) is 17.9 Å². The molecule has 1 aliphatic rings. The predicted octanol–water partition coefficient (Wildman–Crippen LogP) is 2.92. The number of phenolic OH excluding ortho intramolecular Hbond substituents is 1. The van der Waals surface area contributed by atoms with E-state index in [2.05, 4.69) is 17.2 Å². The molecule has 1 aliphatic heterocycles. The molecule has 2 N–H and O–H groups in total. The van der Waals surface area contributed by atoms with E-state index in [0.717, 1.165) is 36.0 Å². The lowest BCUT2D eigenvalue weighted by atomic mass is 10.1. The van der Waals surface area contributed by atoms with Gasteiger partial charge in [0.2, 0.25) is 0 Å². The summed E-state index contributed by atoms with van der Waals surface area (Å²) in [6.07, 6.45) is 4.24. The van der Waals surface area contributed by atoms with Crippen LogP contribution in [-0.2, 0) is 4.74 Å². The largest absolute Gasteiger partial charge is 0.508 e. The number of phenols is 1. The van der Waals surface area contributed by atoms with E-state index in [1.165, 1.54) is 0 Å². The third-order valence-electron chi connectivity index (χ3n) is 3.64. The van der Waals surface area contributed by atoms with Crippen LogP contribution < -0.4 is 5.32 Å². The van der Waals surface area contributed by atoms with Crippen LogP contribution in [0.1, 0.15) is 19.8 Å². The summed E-state index contributed by atoms with van der Waals surface area (Å²) in [4.78, 5) is 4.38. The highest BCUT2D eigenvalue weighted by Crippen LogP contribution is 2.27. The lowest BCUT2D eigenvalue weighted by Crippen LogP contribution is -2.30. The van der Waals surface area contributed by atoms with Crippen LogP contribution in [0.4, 0.5) is 5.82 Å². The van der Waals surface area contributed by atoms with Crippen molar-refractivity contribution >= 4 is 16.6 Å². The zero-order valence-corrected chi connectivity index (χ0v) is 11.0. The van der Waals surface area contributed by atoms with Crippen molar-refractivity contribution in [3.63, 3.8) is 0 Å². The van der Waals surface area contributed by atoms with E-state index in [0.29, 0.717) is 0 Å². The fraction of sp³-hybridized carbons (Fsp3) is 0.400. The van der Waals surface area contributed by atoms with Gasteiger partial charge < -0.3 is 15.2 Å². The van der Waals surface area contributed by atoms with Crippen molar-refractivity contribution in [3.05, 3.63) is 30.5 Å². The molecule has 1 aromatic heterocycles. The number of ether oxygens (including phenoxy) is 1. The molecule has 1 fully saturated rings. The predicted molar refractivity (Wildman–Crippen MR) is 75.5 cm³/mol. The number of aromatic hydroxyl groups is 1. The minimum atomic E-state index is 0.211. The maximum absolute atomic E-state index is 9.62. The van der Waals surface area contributed by atoms with Crippen LogP contribution >= 0.6 is 0 Å². The van der Waals surface area contributed by atoms with Gasteiger partial charge in [-0.25, -0.2) is 4.98 Å². The number of rotatable bonds is 3. The smallest absolute Gasteiger partial charge is 0.134 e. The molecule has 0 amide bonds. The average molecular weight is 258 g/mol. The monoisotopic (exact) mass is 258 g/mol. The van der Waals surface area contributed by atoms with Crippen LogP contribution in [0.25, 0.3) is 10.8 Å². The number of hydrogen-bond donors (Lipinski definition) is 2. The topological polar surface area (TPSA) is 54.4 Å². The van der Waals surface area contributed by atoms with E-state index in [4.69, 9.17) is 4.74 Å². The molecular formula is C15H18N2O2. The standard InChI is InChI=1S/C15H18N2O2/c1-10(14-3-2-8-19-14)17-15-13-9-12(18)5-4-11(13)6-7-16-15/h4-7,9-10,14,18H,2-3,8H2,1H3,(H,16,17). The molecule has 0 bridgehead atoms. The van der Waals surface area contributed by atoms with Crippen LogP contribution in [0.5, 0.6) is 5.75 Å². The molecule has 2 atom stereocenters. The molecule has 2 unspecified atom stereocenters. The van der Waals surface area contributed by atoms with Crippen molar-refractivity contribution in [3.8, 4) is 5.75 Å². The van der Waals surface area contributed by atoms with E-state index in [9.17, 15) is 5.11 Å². The Balaban J connectivity index is 1.89. The average Bonchev–Trinajstić information content (AvgIpc) is 2.93. The van der Waals surface area contributed by atoms with E-state index >= 15 is 0 Å². The Labute approximate surface area is 112 Å². The van der Waals surface area contributed by atoms with Crippen LogP contribution in [0, 0.1) is 0 Å². The molecule has 0 aliphatic carbocycles. The van der Waals surface area contributed by atoms with Crippen LogP contribution in [0.2, 0.25) is 0 Å². The molecule has 100 valence electrons. The molecule has 4 nitrogen and oxygen atoms in total. The molecule has 0 saturated carbocycles. The van der Waals surface area contributed by atoms with Gasteiger partial charge in [-0.2, -0.15) is 0 Å². The van der Waals surface area contributed by atoms with Crippen molar-refractivity contribution < 1.29 is 9.84 Å². The Hall–Kier alpha value is -1.81. The summed E-state index contributed by atoms with van der Waals surface area (Å²) in [6.45, 7) is 2.96. The highest BCUT2D eigenvalue weighted by atomic mass is 16.5. The van der Waals surface area contributed by atoms with Gasteiger partial charge in [0.05, 0.1) is 12.1 Å². The summed E-state index contributed by atoms with van der Waals surface area (Å²) >= 11 is 0. The highest BCUT2D eigenvalue weighted by Gasteiger charge is 2.22. The zero-order chi connectivity index (χ0) is 13.2. The van der Waals surface area contributed by atoms with Gasteiger partial charge in [0, 0.05) is 18.2 Å². The van der Waals surface area contributed by atoms with E-state index < -0.39 is 0 Å². The van der Waals surface area contributed by atoms with Gasteiger partial charge in [-0.3, -0.25) is 0 Å². The number of anilines is 1. The first-order chi connectivity index (χ1) is 9.24. The van der Waals surface area contributed by atoms with Crippen molar-refractivity contribution in [2.24, 2.45) is 0 Å². The first-order valence-electron chi connectivity index (χ1n) is 6.70. The first kappa shape index (κ1) is 12.2. The van der Waals surface area contributed by atoms with Gasteiger partial charge in [0.25, 0.3) is 0 Å². The minimum absolute atomic E-state index is 0.211. The molecule has 1 aromatic carbocycles. The van der Waals surface area contributed by atoms with Gasteiger partial charge in [-0.1, -0.05) is 6.07 Å². The lowest BCUT2D eigenvalue weighted by molar-refractivity contribution is 0.0996. The van der Waals surface area contributed by atoms with Gasteiger partial charge in [0.1, 0.15) is 11.6 Å². The fourth-order valence-corrected chi connectivity index (χ4v) is 2.58. The van der Waals surface area contributed by atoms with Crippen LogP contribution in [-0.4, -0.2) is 28.8 Å². The Kier molecular flexibility index (Phi) is 3.25. The molecule has 2 heterocycles. The molecule has 0 radical (unpaired) electrons. The van der Waals surface area contributed by atoms with Crippen molar-refractivity contribution in [2.75, 3.05) is 11.9 Å². The van der Waals surface area contributed by atoms with Gasteiger partial charge in [0.15, 0.2) is 0 Å². The minimum Gasteiger partial charge on any atom is -0.508 e. The number of hydrogen-bond acceptors (Lipinski definition) is 4. The summed E-state index contributed by atoms with van der Waals surface area (Å²) in [6, 6.07) is 7.48. The fourth-order valence-electron chi connectivity index (χ4n) is 2.58. The number of pyridine rings is 1. The first-order valence-corrected chi connectivity index (χ1v) is 6.70. The van der Waals surface area contributed by atoms with Crippen LogP contribution in [0.3, 0.4) is 0 Å². The normalized spacial score (nSPS) is 20.6. The molecule has 4 heteroatoms. The van der Waals surface area contributed by atoms with Crippen LogP contribution in [0.15, 0.2) is 30.5 Å². The number of fused-ring (bicyclic) bond motifs is 1. The Morgan fingerprint density at radius 1 is 1.42 bits per heavy atom. The Morgan fingerprint density at radius 3 is 3.11 bits per heavy atom. The summed E-state index contributed by atoms with van der Waals surface area (Å²) < 4.78 is 5.68. The zero-order valence-electron chi connectivity index (χ0n) is 11.0. The van der Waals surface area contributed by atoms with Gasteiger partial charge in [-0.15, -0.1) is 0 Å². The number of nitrogens with zero attached hydrogens (tertiary/aromatic N) is 1. The van der Waals surface area contributed by atoms with Crippen molar-refractivity contribution in [1.29, 1.82) is 0 Å². The van der Waals surface area contributed by atoms with Gasteiger partial charge >= 0.3 is 0 Å². The van der Waals surface area contributed by atoms with Crippen molar-refractivity contribution in [2.45, 2.75) is 31.9 Å². The second kappa shape index (κ2) is 5.05. The highest BCUT2D eigenvalue weighted by molar-refractivity contribution is 5.92. The molecular weight excluding hydrogens is 240 g/mol. The number of aromatic nitrogens is 1. The quantitative estimate of drug-likeness (QED) is 0.888. The molecule has 19 heavy (non-hydrogen) atoms. The van der Waals surface area contributed by atoms with Crippen molar-refractivity contribution in [1.82, 2.24) is 4.98 Å². The van der Waals surface area contributed by atoms with E-state index in [1.54, 1.807) is 18.3 Å². The third kappa shape index (κ3) is 2.49. The summed E-state index contributed by atoms with van der Waals surface area (Å²) in [7, 11) is 0. The number of nitrogens with one attached hydrogen (secondary N) is 1. The number of benzene rings is 1. The lowest BCUT2D eigenvalue weighted by Gasteiger charge is -2.21. The summed E-state index contributed by atoms with van der Waals surface area (Å²) in [5.74, 6) is 1.06. The molecule has 2 aromatic rings. The molecule has 3 rings (SSSR count). The Bertz CT molecular complexity index is 579.